The first-order chi connectivity index (χ1) is 12.1. The minimum atomic E-state index is -0.222. The third-order valence-electron chi connectivity index (χ3n) is 4.39. The first-order valence-corrected chi connectivity index (χ1v) is 8.63. The van der Waals surface area contributed by atoms with Gasteiger partial charge in [0, 0.05) is 31.4 Å². The van der Waals surface area contributed by atoms with Gasteiger partial charge in [0.15, 0.2) is 0 Å². The molecule has 0 fully saturated rings. The molecule has 0 atom stereocenters. The summed E-state index contributed by atoms with van der Waals surface area (Å²) in [6, 6.07) is 15.7. The quantitative estimate of drug-likeness (QED) is 0.822. The molecule has 0 saturated carbocycles. The van der Waals surface area contributed by atoms with Crippen LogP contribution in [-0.4, -0.2) is 25.0 Å². The number of nitrogens with zero attached hydrogens (tertiary/aromatic N) is 1. The van der Waals surface area contributed by atoms with E-state index < -0.39 is 0 Å². The number of carbonyl (C=O) groups excluding carboxylic acids is 2. The zero-order valence-corrected chi connectivity index (χ0v) is 14.4. The van der Waals surface area contributed by atoms with Crippen molar-refractivity contribution in [2.45, 2.75) is 26.2 Å². The van der Waals surface area contributed by atoms with Gasteiger partial charge in [0.05, 0.1) is 0 Å². The first kappa shape index (κ1) is 17.0. The molecule has 130 valence electrons. The van der Waals surface area contributed by atoms with E-state index in [1.807, 2.05) is 36.4 Å². The monoisotopic (exact) mass is 337 g/mol. The Balaban J connectivity index is 1.48. The third kappa shape index (κ3) is 4.38. The molecule has 0 aromatic heterocycles. The predicted molar refractivity (Wildman–Crippen MR) is 100.0 cm³/mol. The van der Waals surface area contributed by atoms with Gasteiger partial charge in [0.1, 0.15) is 0 Å². The molecule has 0 unspecified atom stereocenters. The molecule has 1 heterocycles. The molecule has 0 spiro atoms. The number of anilines is 2. The van der Waals surface area contributed by atoms with E-state index in [1.54, 1.807) is 11.8 Å². The molecule has 2 aromatic carbocycles. The lowest BCUT2D eigenvalue weighted by Crippen LogP contribution is -2.30. The van der Waals surface area contributed by atoms with Crippen LogP contribution in [0.25, 0.3) is 0 Å². The summed E-state index contributed by atoms with van der Waals surface area (Å²) >= 11 is 0. The van der Waals surface area contributed by atoms with Crippen molar-refractivity contribution in [3.05, 3.63) is 59.7 Å². The van der Waals surface area contributed by atoms with Crippen molar-refractivity contribution in [1.82, 2.24) is 5.32 Å². The summed E-state index contributed by atoms with van der Waals surface area (Å²) in [5.74, 6) is 0.0289. The average Bonchev–Trinajstić information content (AvgIpc) is 3.03. The third-order valence-corrected chi connectivity index (χ3v) is 4.39. The number of urea groups is 1. The smallest absolute Gasteiger partial charge is 0.319 e. The number of carbonyl (C=O) groups is 2. The summed E-state index contributed by atoms with van der Waals surface area (Å²) in [4.78, 5) is 25.4. The molecule has 0 bridgehead atoms. The molecule has 3 rings (SSSR count). The standard InChI is InChI=1S/C20H23N3O2/c1-15(24)23-13-11-17-9-10-18(14-19(17)23)22-20(25)21-12-5-8-16-6-3-2-4-7-16/h2-4,6-7,9-10,14H,5,8,11-13H2,1H3,(H2,21,22,25). The molecule has 1 aliphatic heterocycles. The Bertz CT molecular complexity index is 759. The van der Waals surface area contributed by atoms with Crippen LogP contribution in [-0.2, 0) is 17.6 Å². The van der Waals surface area contributed by atoms with E-state index in [9.17, 15) is 9.59 Å². The van der Waals surface area contributed by atoms with E-state index in [4.69, 9.17) is 0 Å². The number of benzene rings is 2. The predicted octanol–water partition coefficient (Wildman–Crippen LogP) is 3.35. The fraction of sp³-hybridized carbons (Fsp3) is 0.300. The van der Waals surface area contributed by atoms with E-state index in [0.717, 1.165) is 30.5 Å². The van der Waals surface area contributed by atoms with Gasteiger partial charge in [-0.2, -0.15) is 0 Å². The highest BCUT2D eigenvalue weighted by Crippen LogP contribution is 2.30. The van der Waals surface area contributed by atoms with Gasteiger partial charge in [-0.3, -0.25) is 4.79 Å². The lowest BCUT2D eigenvalue weighted by molar-refractivity contribution is -0.116. The summed E-state index contributed by atoms with van der Waals surface area (Å²) in [5, 5.41) is 5.71. The van der Waals surface area contributed by atoms with Crippen molar-refractivity contribution in [2.75, 3.05) is 23.3 Å². The van der Waals surface area contributed by atoms with Crippen LogP contribution in [0.3, 0.4) is 0 Å². The second kappa shape index (κ2) is 7.83. The Morgan fingerprint density at radius 2 is 1.92 bits per heavy atom. The van der Waals surface area contributed by atoms with Crippen molar-refractivity contribution in [3.8, 4) is 0 Å². The van der Waals surface area contributed by atoms with Gasteiger partial charge < -0.3 is 15.5 Å². The first-order valence-electron chi connectivity index (χ1n) is 8.63. The van der Waals surface area contributed by atoms with Gasteiger partial charge in [-0.15, -0.1) is 0 Å². The van der Waals surface area contributed by atoms with Crippen LogP contribution in [0.5, 0.6) is 0 Å². The van der Waals surface area contributed by atoms with Gasteiger partial charge >= 0.3 is 6.03 Å². The second-order valence-electron chi connectivity index (χ2n) is 6.23. The van der Waals surface area contributed by atoms with Crippen LogP contribution >= 0.6 is 0 Å². The van der Waals surface area contributed by atoms with Gasteiger partial charge in [-0.25, -0.2) is 4.79 Å². The zero-order valence-electron chi connectivity index (χ0n) is 14.4. The SMILES string of the molecule is CC(=O)N1CCc2ccc(NC(=O)NCCCc3ccccc3)cc21. The molecule has 5 heteroatoms. The van der Waals surface area contributed by atoms with Crippen molar-refractivity contribution in [3.63, 3.8) is 0 Å². The number of hydrogen-bond acceptors (Lipinski definition) is 2. The van der Waals surface area contributed by atoms with Crippen LogP contribution in [0.15, 0.2) is 48.5 Å². The van der Waals surface area contributed by atoms with Crippen LogP contribution in [0.4, 0.5) is 16.2 Å². The highest BCUT2D eigenvalue weighted by molar-refractivity contribution is 5.96. The molecule has 0 aliphatic carbocycles. The van der Waals surface area contributed by atoms with E-state index in [0.29, 0.717) is 18.8 Å². The van der Waals surface area contributed by atoms with E-state index in [2.05, 4.69) is 22.8 Å². The molecule has 3 amide bonds. The highest BCUT2D eigenvalue weighted by Gasteiger charge is 2.22. The maximum Gasteiger partial charge on any atom is 0.319 e. The number of aryl methyl sites for hydroxylation is 1. The summed E-state index contributed by atoms with van der Waals surface area (Å²) in [6.07, 6.45) is 2.69. The Labute approximate surface area is 148 Å². The minimum Gasteiger partial charge on any atom is -0.338 e. The Hall–Kier alpha value is -2.82. The molecule has 2 N–H and O–H groups in total. The van der Waals surface area contributed by atoms with E-state index >= 15 is 0 Å². The molecule has 0 saturated heterocycles. The number of fused-ring (bicyclic) bond motifs is 1. The summed E-state index contributed by atoms with van der Waals surface area (Å²) < 4.78 is 0. The van der Waals surface area contributed by atoms with Crippen LogP contribution in [0, 0.1) is 0 Å². The summed E-state index contributed by atoms with van der Waals surface area (Å²) in [5.41, 5.74) is 4.01. The molecule has 2 aromatic rings. The van der Waals surface area contributed by atoms with Gasteiger partial charge in [0.25, 0.3) is 0 Å². The molecule has 0 radical (unpaired) electrons. The Kier molecular flexibility index (Phi) is 5.33. The lowest BCUT2D eigenvalue weighted by atomic mass is 10.1. The molecular weight excluding hydrogens is 314 g/mol. The summed E-state index contributed by atoms with van der Waals surface area (Å²) in [6.45, 7) is 2.89. The van der Waals surface area contributed by atoms with Crippen LogP contribution in [0.2, 0.25) is 0 Å². The number of nitrogens with one attached hydrogen (secondary N) is 2. The fourth-order valence-electron chi connectivity index (χ4n) is 3.10. The van der Waals surface area contributed by atoms with Gasteiger partial charge in [0.2, 0.25) is 5.91 Å². The molecule has 25 heavy (non-hydrogen) atoms. The van der Waals surface area contributed by atoms with Crippen molar-refractivity contribution in [2.24, 2.45) is 0 Å². The van der Waals surface area contributed by atoms with E-state index in [1.165, 1.54) is 5.56 Å². The lowest BCUT2D eigenvalue weighted by Gasteiger charge is -2.16. The fourth-order valence-corrected chi connectivity index (χ4v) is 3.10. The molecule has 1 aliphatic rings. The van der Waals surface area contributed by atoms with Crippen molar-refractivity contribution >= 4 is 23.3 Å². The highest BCUT2D eigenvalue weighted by atomic mass is 16.2. The Morgan fingerprint density at radius 1 is 1.12 bits per heavy atom. The van der Waals surface area contributed by atoms with Gasteiger partial charge in [-0.05, 0) is 42.5 Å². The number of rotatable bonds is 5. The largest absolute Gasteiger partial charge is 0.338 e. The van der Waals surface area contributed by atoms with Crippen molar-refractivity contribution in [1.29, 1.82) is 0 Å². The normalized spacial score (nSPS) is 12.6. The van der Waals surface area contributed by atoms with E-state index in [-0.39, 0.29) is 11.9 Å². The number of hydrogen-bond donors (Lipinski definition) is 2. The number of amides is 3. The summed E-state index contributed by atoms with van der Waals surface area (Å²) in [7, 11) is 0. The van der Waals surface area contributed by atoms with Gasteiger partial charge in [-0.1, -0.05) is 36.4 Å². The molecule has 5 nitrogen and oxygen atoms in total. The average molecular weight is 337 g/mol. The maximum absolute atomic E-state index is 12.0. The Morgan fingerprint density at radius 3 is 2.68 bits per heavy atom. The maximum atomic E-state index is 12.0. The molecular formula is C20H23N3O2. The second-order valence-corrected chi connectivity index (χ2v) is 6.23. The van der Waals surface area contributed by atoms with Crippen LogP contribution in [0.1, 0.15) is 24.5 Å². The topological polar surface area (TPSA) is 61.4 Å². The van der Waals surface area contributed by atoms with Crippen molar-refractivity contribution < 1.29 is 9.59 Å². The minimum absolute atomic E-state index is 0.0289. The van der Waals surface area contributed by atoms with Crippen LogP contribution < -0.4 is 15.5 Å². The zero-order chi connectivity index (χ0) is 17.6.